The maximum Gasteiger partial charge on any atom is 0.0705 e. The summed E-state index contributed by atoms with van der Waals surface area (Å²) in [5, 5.41) is 1.12. The smallest absolute Gasteiger partial charge is 0.0705 e. The summed E-state index contributed by atoms with van der Waals surface area (Å²) in [7, 11) is 0. The highest BCUT2D eigenvalue weighted by Gasteiger charge is 2.01. The van der Waals surface area contributed by atoms with E-state index in [1.54, 1.807) is 6.20 Å². The van der Waals surface area contributed by atoms with Gasteiger partial charge in [-0.25, -0.2) is 0 Å². The molecule has 0 amide bonds. The number of nitrogens with two attached hydrogens (primary N) is 1. The minimum atomic E-state index is 0.678. The first-order chi connectivity index (χ1) is 8.72. The highest BCUT2D eigenvalue weighted by Crippen LogP contribution is 2.22. The molecular formula is C15H13N3. The monoisotopic (exact) mass is 235 g/mol. The normalized spacial score (nSPS) is 10.7. The molecule has 3 nitrogen and oxygen atoms in total. The van der Waals surface area contributed by atoms with Crippen LogP contribution >= 0.6 is 0 Å². The van der Waals surface area contributed by atoms with Crippen LogP contribution in [0.5, 0.6) is 0 Å². The first kappa shape index (κ1) is 10.7. The summed E-state index contributed by atoms with van der Waals surface area (Å²) < 4.78 is 0. The number of aryl methyl sites for hydroxylation is 1. The first-order valence-corrected chi connectivity index (χ1v) is 5.82. The van der Waals surface area contributed by atoms with Gasteiger partial charge in [-0.05, 0) is 37.3 Å². The van der Waals surface area contributed by atoms with Crippen LogP contribution in [0.25, 0.3) is 22.2 Å². The van der Waals surface area contributed by atoms with Gasteiger partial charge in [-0.15, -0.1) is 0 Å². The highest BCUT2D eigenvalue weighted by molar-refractivity contribution is 5.84. The Balaban J connectivity index is 2.13. The third-order valence-corrected chi connectivity index (χ3v) is 2.91. The molecular weight excluding hydrogens is 222 g/mol. The van der Waals surface area contributed by atoms with Crippen LogP contribution in [-0.4, -0.2) is 9.97 Å². The molecule has 2 N–H and O–H groups in total. The SMILES string of the molecule is Cc1ccc2cc(-c3ccc(N)cn3)ccc2n1. The fourth-order valence-electron chi connectivity index (χ4n) is 1.96. The summed E-state index contributed by atoms with van der Waals surface area (Å²) in [5.41, 5.74) is 10.4. The van der Waals surface area contributed by atoms with Crippen molar-refractivity contribution in [1.82, 2.24) is 9.97 Å². The number of aromatic nitrogens is 2. The summed E-state index contributed by atoms with van der Waals surface area (Å²) >= 11 is 0. The zero-order chi connectivity index (χ0) is 12.5. The molecule has 0 saturated heterocycles. The Morgan fingerprint density at radius 1 is 1.00 bits per heavy atom. The lowest BCUT2D eigenvalue weighted by molar-refractivity contribution is 1.25. The lowest BCUT2D eigenvalue weighted by Crippen LogP contribution is -1.89. The highest BCUT2D eigenvalue weighted by atomic mass is 14.7. The van der Waals surface area contributed by atoms with Crippen LogP contribution in [0.2, 0.25) is 0 Å². The van der Waals surface area contributed by atoms with Gasteiger partial charge in [-0.2, -0.15) is 0 Å². The summed E-state index contributed by atoms with van der Waals surface area (Å²) in [5.74, 6) is 0. The first-order valence-electron chi connectivity index (χ1n) is 5.82. The third-order valence-electron chi connectivity index (χ3n) is 2.91. The molecule has 3 rings (SSSR count). The molecule has 0 unspecified atom stereocenters. The topological polar surface area (TPSA) is 51.8 Å². The van der Waals surface area contributed by atoms with Gasteiger partial charge in [0.05, 0.1) is 23.1 Å². The van der Waals surface area contributed by atoms with E-state index >= 15 is 0 Å². The number of hydrogen-bond donors (Lipinski definition) is 1. The van der Waals surface area contributed by atoms with Gasteiger partial charge in [-0.1, -0.05) is 12.1 Å². The van der Waals surface area contributed by atoms with E-state index in [0.29, 0.717) is 5.69 Å². The number of pyridine rings is 2. The van der Waals surface area contributed by atoms with Crippen molar-refractivity contribution in [2.45, 2.75) is 6.92 Å². The summed E-state index contributed by atoms with van der Waals surface area (Å²) in [6.07, 6.45) is 1.67. The molecule has 1 aromatic carbocycles. The van der Waals surface area contributed by atoms with E-state index in [4.69, 9.17) is 5.73 Å². The summed E-state index contributed by atoms with van der Waals surface area (Å²) in [4.78, 5) is 8.81. The second-order valence-corrected chi connectivity index (χ2v) is 4.34. The molecule has 0 saturated carbocycles. The van der Waals surface area contributed by atoms with Gasteiger partial charge in [0.15, 0.2) is 0 Å². The van der Waals surface area contributed by atoms with Crippen LogP contribution in [0.1, 0.15) is 5.69 Å². The number of rotatable bonds is 1. The molecule has 2 heterocycles. The zero-order valence-corrected chi connectivity index (χ0v) is 10.1. The standard InChI is InChI=1S/C15H13N3/c1-10-2-3-12-8-11(4-6-15(12)18-10)14-7-5-13(16)9-17-14/h2-9H,16H2,1H3. The number of hydrogen-bond acceptors (Lipinski definition) is 3. The molecule has 3 aromatic rings. The van der Waals surface area contributed by atoms with Crippen LogP contribution in [0, 0.1) is 6.92 Å². The zero-order valence-electron chi connectivity index (χ0n) is 10.1. The lowest BCUT2D eigenvalue weighted by Gasteiger charge is -2.04. The van der Waals surface area contributed by atoms with Crippen LogP contribution in [0.3, 0.4) is 0 Å². The third kappa shape index (κ3) is 1.91. The van der Waals surface area contributed by atoms with Gasteiger partial charge in [-0.3, -0.25) is 9.97 Å². The predicted octanol–water partition coefficient (Wildman–Crippen LogP) is 3.19. The molecule has 2 aromatic heterocycles. The molecule has 0 bridgehead atoms. The molecule has 0 aliphatic heterocycles. The van der Waals surface area contributed by atoms with Crippen molar-refractivity contribution in [2.75, 3.05) is 5.73 Å². The Morgan fingerprint density at radius 3 is 2.67 bits per heavy atom. The van der Waals surface area contributed by atoms with E-state index < -0.39 is 0 Å². The summed E-state index contributed by atoms with van der Waals surface area (Å²) in [6.45, 7) is 1.99. The number of benzene rings is 1. The van der Waals surface area contributed by atoms with E-state index in [1.807, 2.05) is 37.3 Å². The predicted molar refractivity (Wildman–Crippen MR) is 74.1 cm³/mol. The number of fused-ring (bicyclic) bond motifs is 1. The minimum Gasteiger partial charge on any atom is -0.397 e. The maximum atomic E-state index is 5.64. The van der Waals surface area contributed by atoms with Gasteiger partial charge in [0.2, 0.25) is 0 Å². The average molecular weight is 235 g/mol. The van der Waals surface area contributed by atoms with Gasteiger partial charge < -0.3 is 5.73 Å². The minimum absolute atomic E-state index is 0.678. The van der Waals surface area contributed by atoms with Crippen LogP contribution in [0.15, 0.2) is 48.7 Å². The summed E-state index contributed by atoms with van der Waals surface area (Å²) in [6, 6.07) is 14.0. The Hall–Kier alpha value is -2.42. The molecule has 88 valence electrons. The van der Waals surface area contributed by atoms with E-state index in [1.165, 1.54) is 0 Å². The van der Waals surface area contributed by atoms with Crippen molar-refractivity contribution < 1.29 is 0 Å². The Kier molecular flexibility index (Phi) is 2.45. The molecule has 0 radical (unpaired) electrons. The van der Waals surface area contributed by atoms with Crippen molar-refractivity contribution in [2.24, 2.45) is 0 Å². The van der Waals surface area contributed by atoms with Gasteiger partial charge >= 0.3 is 0 Å². The van der Waals surface area contributed by atoms with E-state index in [2.05, 4.69) is 22.1 Å². The van der Waals surface area contributed by atoms with Crippen molar-refractivity contribution in [3.63, 3.8) is 0 Å². The number of nitrogen functional groups attached to an aromatic ring is 1. The number of anilines is 1. The van der Waals surface area contributed by atoms with Gasteiger partial charge in [0, 0.05) is 16.6 Å². The fourth-order valence-corrected chi connectivity index (χ4v) is 1.96. The van der Waals surface area contributed by atoms with Crippen molar-refractivity contribution in [1.29, 1.82) is 0 Å². The average Bonchev–Trinajstić information content (AvgIpc) is 2.39. The van der Waals surface area contributed by atoms with Crippen molar-refractivity contribution >= 4 is 16.6 Å². The number of nitrogens with zero attached hydrogens (tertiary/aromatic N) is 2. The van der Waals surface area contributed by atoms with Crippen molar-refractivity contribution in [3.05, 3.63) is 54.4 Å². The molecule has 0 fully saturated rings. The molecule has 0 aliphatic carbocycles. The molecule has 0 spiro atoms. The molecule has 18 heavy (non-hydrogen) atoms. The molecule has 0 atom stereocenters. The van der Waals surface area contributed by atoms with Crippen LogP contribution in [0.4, 0.5) is 5.69 Å². The molecule has 3 heteroatoms. The van der Waals surface area contributed by atoms with Crippen LogP contribution in [-0.2, 0) is 0 Å². The lowest BCUT2D eigenvalue weighted by atomic mass is 10.1. The van der Waals surface area contributed by atoms with Gasteiger partial charge in [0.25, 0.3) is 0 Å². The van der Waals surface area contributed by atoms with Gasteiger partial charge in [0.1, 0.15) is 0 Å². The fraction of sp³-hybridized carbons (Fsp3) is 0.0667. The quantitative estimate of drug-likeness (QED) is 0.704. The molecule has 0 aliphatic rings. The maximum absolute atomic E-state index is 5.64. The Morgan fingerprint density at radius 2 is 1.89 bits per heavy atom. The largest absolute Gasteiger partial charge is 0.397 e. The second-order valence-electron chi connectivity index (χ2n) is 4.34. The van der Waals surface area contributed by atoms with E-state index in [-0.39, 0.29) is 0 Å². The van der Waals surface area contributed by atoms with Crippen molar-refractivity contribution in [3.8, 4) is 11.3 Å². The van der Waals surface area contributed by atoms with E-state index in [0.717, 1.165) is 27.9 Å². The Bertz CT molecular complexity index is 703. The second kappa shape index (κ2) is 4.11. The van der Waals surface area contributed by atoms with E-state index in [9.17, 15) is 0 Å². The Labute approximate surface area is 105 Å². The van der Waals surface area contributed by atoms with Crippen LogP contribution < -0.4 is 5.73 Å².